The number of hydrogen-bond acceptors (Lipinski definition) is 4. The molecule has 0 bridgehead atoms. The van der Waals surface area contributed by atoms with Crippen LogP contribution in [0.15, 0.2) is 54.6 Å². The van der Waals surface area contributed by atoms with Gasteiger partial charge in [0.25, 0.3) is 0 Å². The summed E-state index contributed by atoms with van der Waals surface area (Å²) >= 11 is 1.70. The molecule has 1 aliphatic rings. The van der Waals surface area contributed by atoms with Crippen molar-refractivity contribution >= 4 is 16.5 Å². The van der Waals surface area contributed by atoms with E-state index < -0.39 is 0 Å². The Morgan fingerprint density at radius 1 is 0.957 bits per heavy atom. The lowest BCUT2D eigenvalue weighted by Gasteiger charge is -2.18. The van der Waals surface area contributed by atoms with E-state index in [2.05, 4.69) is 70.6 Å². The van der Waals surface area contributed by atoms with Crippen molar-refractivity contribution in [1.29, 1.82) is 0 Å². The van der Waals surface area contributed by atoms with Gasteiger partial charge in [-0.2, -0.15) is 0 Å². The topological polar surface area (TPSA) is 29.0 Å². The molecule has 0 radical (unpaired) electrons. The van der Waals surface area contributed by atoms with Crippen molar-refractivity contribution in [2.45, 2.75) is 25.8 Å². The Hall–Kier alpha value is -2.20. The smallest absolute Gasteiger partial charge is 0.208 e. The molecule has 3 nitrogen and oxygen atoms in total. The Bertz CT molecular complexity index is 797. The highest BCUT2D eigenvalue weighted by atomic mass is 32.1. The lowest BCUT2D eigenvalue weighted by Crippen LogP contribution is -2.25. The Kier molecular flexibility index (Phi) is 3.83. The maximum atomic E-state index is 4.48. The van der Waals surface area contributed by atoms with Crippen molar-refractivity contribution < 1.29 is 0 Å². The quantitative estimate of drug-likeness (QED) is 0.690. The lowest BCUT2D eigenvalue weighted by molar-refractivity contribution is 0.729. The van der Waals surface area contributed by atoms with Gasteiger partial charge < -0.3 is 4.90 Å². The highest BCUT2D eigenvalue weighted by Crippen LogP contribution is 2.37. The van der Waals surface area contributed by atoms with Crippen molar-refractivity contribution in [3.05, 3.63) is 54.6 Å². The van der Waals surface area contributed by atoms with Gasteiger partial charge in [-0.25, -0.2) is 0 Å². The van der Waals surface area contributed by atoms with Crippen LogP contribution in [0.5, 0.6) is 0 Å². The molecule has 1 aromatic heterocycles. The zero-order chi connectivity index (χ0) is 15.6. The fourth-order valence-corrected chi connectivity index (χ4v) is 4.21. The first-order valence-corrected chi connectivity index (χ1v) is 8.89. The summed E-state index contributed by atoms with van der Waals surface area (Å²) in [5.41, 5.74) is 3.59. The summed E-state index contributed by atoms with van der Waals surface area (Å²) in [4.78, 5) is 2.38. The summed E-state index contributed by atoms with van der Waals surface area (Å²) in [6.07, 6.45) is 2.49. The third-order valence-corrected chi connectivity index (χ3v) is 5.45. The van der Waals surface area contributed by atoms with Crippen molar-refractivity contribution in [3.63, 3.8) is 0 Å². The lowest BCUT2D eigenvalue weighted by atomic mass is 10.0. The van der Waals surface area contributed by atoms with Gasteiger partial charge in [-0.1, -0.05) is 65.9 Å². The van der Waals surface area contributed by atoms with E-state index in [9.17, 15) is 0 Å². The highest BCUT2D eigenvalue weighted by Gasteiger charge is 2.24. The number of aromatic nitrogens is 2. The average molecular weight is 321 g/mol. The molecule has 1 atom stereocenters. The molecule has 0 N–H and O–H groups in total. The van der Waals surface area contributed by atoms with Crippen LogP contribution in [-0.2, 0) is 0 Å². The van der Waals surface area contributed by atoms with Crippen LogP contribution in [0.2, 0.25) is 0 Å². The van der Waals surface area contributed by atoms with E-state index in [0.29, 0.717) is 6.04 Å². The SMILES string of the molecule is CC1CCCN1c1nnc(-c2ccccc2-c2ccccc2)s1. The first-order chi connectivity index (χ1) is 11.3. The maximum absolute atomic E-state index is 4.48. The van der Waals surface area contributed by atoms with Gasteiger partial charge in [-0.3, -0.25) is 0 Å². The van der Waals surface area contributed by atoms with E-state index in [4.69, 9.17) is 0 Å². The van der Waals surface area contributed by atoms with Crippen LogP contribution in [0, 0.1) is 0 Å². The molecule has 4 rings (SSSR count). The zero-order valence-electron chi connectivity index (χ0n) is 13.1. The highest BCUT2D eigenvalue weighted by molar-refractivity contribution is 7.18. The predicted octanol–water partition coefficient (Wildman–Crippen LogP) is 4.86. The monoisotopic (exact) mass is 321 g/mol. The predicted molar refractivity (Wildman–Crippen MR) is 96.8 cm³/mol. The van der Waals surface area contributed by atoms with E-state index in [1.165, 1.54) is 24.0 Å². The molecule has 4 heteroatoms. The summed E-state index contributed by atoms with van der Waals surface area (Å²) in [5.74, 6) is 0. The molecule has 0 amide bonds. The summed E-state index contributed by atoms with van der Waals surface area (Å²) < 4.78 is 0. The third-order valence-electron chi connectivity index (χ3n) is 4.46. The van der Waals surface area contributed by atoms with E-state index in [-0.39, 0.29) is 0 Å². The van der Waals surface area contributed by atoms with E-state index in [1.807, 2.05) is 6.07 Å². The summed E-state index contributed by atoms with van der Waals surface area (Å²) in [6.45, 7) is 3.36. The van der Waals surface area contributed by atoms with E-state index in [1.54, 1.807) is 11.3 Å². The molecule has 0 spiro atoms. The molecule has 116 valence electrons. The number of hydrogen-bond donors (Lipinski definition) is 0. The number of rotatable bonds is 3. The van der Waals surface area contributed by atoms with Crippen LogP contribution in [-0.4, -0.2) is 22.8 Å². The van der Waals surface area contributed by atoms with Gasteiger partial charge in [0.2, 0.25) is 5.13 Å². The number of benzene rings is 2. The van der Waals surface area contributed by atoms with Gasteiger partial charge in [0.1, 0.15) is 5.01 Å². The molecule has 1 aliphatic heterocycles. The zero-order valence-corrected chi connectivity index (χ0v) is 14.0. The van der Waals surface area contributed by atoms with Gasteiger partial charge in [0.15, 0.2) is 0 Å². The second-order valence-corrected chi connectivity index (χ2v) is 6.94. The van der Waals surface area contributed by atoms with Gasteiger partial charge in [0, 0.05) is 18.2 Å². The standard InChI is InChI=1S/C19H19N3S/c1-14-8-7-13-22(14)19-21-20-18(23-19)17-12-6-5-11-16(17)15-9-3-2-4-10-15/h2-6,9-12,14H,7-8,13H2,1H3. The molecule has 0 saturated carbocycles. The molecular weight excluding hydrogens is 302 g/mol. The van der Waals surface area contributed by atoms with Crippen LogP contribution >= 0.6 is 11.3 Å². The van der Waals surface area contributed by atoms with Gasteiger partial charge >= 0.3 is 0 Å². The fraction of sp³-hybridized carbons (Fsp3) is 0.263. The molecular formula is C19H19N3S. The average Bonchev–Trinajstić information content (AvgIpc) is 3.24. The second-order valence-electron chi connectivity index (χ2n) is 5.99. The van der Waals surface area contributed by atoms with E-state index in [0.717, 1.165) is 22.2 Å². The van der Waals surface area contributed by atoms with Crippen molar-refractivity contribution in [1.82, 2.24) is 10.2 Å². The Morgan fingerprint density at radius 2 is 1.70 bits per heavy atom. The van der Waals surface area contributed by atoms with E-state index >= 15 is 0 Å². The minimum absolute atomic E-state index is 0.570. The van der Waals surface area contributed by atoms with Crippen LogP contribution in [0.4, 0.5) is 5.13 Å². The largest absolute Gasteiger partial charge is 0.344 e. The molecule has 3 aromatic rings. The molecule has 2 aromatic carbocycles. The molecule has 1 unspecified atom stereocenters. The number of anilines is 1. The first kappa shape index (κ1) is 14.4. The van der Waals surface area contributed by atoms with Crippen molar-refractivity contribution in [3.8, 4) is 21.7 Å². The van der Waals surface area contributed by atoms with Crippen molar-refractivity contribution in [2.24, 2.45) is 0 Å². The maximum Gasteiger partial charge on any atom is 0.208 e. The Morgan fingerprint density at radius 3 is 2.43 bits per heavy atom. The summed E-state index contributed by atoms with van der Waals surface area (Å²) in [7, 11) is 0. The summed E-state index contributed by atoms with van der Waals surface area (Å²) in [6, 6.07) is 19.5. The normalized spacial score (nSPS) is 17.6. The Balaban J connectivity index is 1.73. The van der Waals surface area contributed by atoms with Crippen LogP contribution < -0.4 is 4.90 Å². The molecule has 0 aliphatic carbocycles. The summed E-state index contributed by atoms with van der Waals surface area (Å²) in [5, 5.41) is 11.0. The van der Waals surface area contributed by atoms with Crippen LogP contribution in [0.25, 0.3) is 21.7 Å². The molecule has 2 heterocycles. The molecule has 1 fully saturated rings. The Labute approximate surface area is 140 Å². The molecule has 1 saturated heterocycles. The fourth-order valence-electron chi connectivity index (χ4n) is 3.20. The third kappa shape index (κ3) is 2.75. The van der Waals surface area contributed by atoms with Gasteiger partial charge in [-0.15, -0.1) is 10.2 Å². The minimum Gasteiger partial charge on any atom is -0.344 e. The van der Waals surface area contributed by atoms with Crippen molar-refractivity contribution in [2.75, 3.05) is 11.4 Å². The van der Waals surface area contributed by atoms with Crippen LogP contribution in [0.1, 0.15) is 19.8 Å². The number of nitrogens with zero attached hydrogens (tertiary/aromatic N) is 3. The van der Waals surface area contributed by atoms with Crippen LogP contribution in [0.3, 0.4) is 0 Å². The van der Waals surface area contributed by atoms with Gasteiger partial charge in [0.05, 0.1) is 0 Å². The second kappa shape index (κ2) is 6.13. The molecule has 23 heavy (non-hydrogen) atoms. The van der Waals surface area contributed by atoms with Gasteiger partial charge in [-0.05, 0) is 30.9 Å². The minimum atomic E-state index is 0.570. The first-order valence-electron chi connectivity index (χ1n) is 8.08.